The predicted molar refractivity (Wildman–Crippen MR) is 121 cm³/mol. The minimum atomic E-state index is -3.48. The van der Waals surface area contributed by atoms with Gasteiger partial charge in [-0.25, -0.2) is 13.4 Å². The third kappa shape index (κ3) is 3.74. The Balaban J connectivity index is 1.80. The van der Waals surface area contributed by atoms with Gasteiger partial charge in [0.25, 0.3) is 5.56 Å². The standard InChI is InChI=1S/C23H23N3O4S/c1-23(2,3)31(28,29)18-9-10-19-20(13-18)25-22(24-19)15-8-11-21(27)26(14-15)16-6-5-7-17(12-16)30-4/h5-14H,1-4H3,(H,24,25). The number of sulfone groups is 1. The highest BCUT2D eigenvalue weighted by Crippen LogP contribution is 2.28. The summed E-state index contributed by atoms with van der Waals surface area (Å²) >= 11 is 0. The molecule has 160 valence electrons. The number of rotatable bonds is 4. The van der Waals surface area contributed by atoms with Crippen LogP contribution in [0, 0.1) is 0 Å². The van der Waals surface area contributed by atoms with E-state index >= 15 is 0 Å². The number of fused-ring (bicyclic) bond motifs is 1. The number of imidazole rings is 1. The summed E-state index contributed by atoms with van der Waals surface area (Å²) in [4.78, 5) is 20.4. The molecule has 1 N–H and O–H groups in total. The molecule has 0 atom stereocenters. The quantitative estimate of drug-likeness (QED) is 0.522. The van der Waals surface area contributed by atoms with Crippen molar-refractivity contribution in [3.05, 3.63) is 71.1 Å². The highest BCUT2D eigenvalue weighted by atomic mass is 32.2. The van der Waals surface area contributed by atoms with E-state index in [-0.39, 0.29) is 10.5 Å². The lowest BCUT2D eigenvalue weighted by Gasteiger charge is -2.19. The van der Waals surface area contributed by atoms with E-state index < -0.39 is 14.6 Å². The Morgan fingerprint density at radius 1 is 1.03 bits per heavy atom. The molecule has 0 aliphatic rings. The summed E-state index contributed by atoms with van der Waals surface area (Å²) in [7, 11) is -1.91. The molecular weight excluding hydrogens is 414 g/mol. The summed E-state index contributed by atoms with van der Waals surface area (Å²) in [5.41, 5.74) is 2.42. The summed E-state index contributed by atoms with van der Waals surface area (Å²) in [5, 5.41) is 0. The predicted octanol–water partition coefficient (Wildman–Crippen LogP) is 3.96. The first-order chi connectivity index (χ1) is 14.6. The smallest absolute Gasteiger partial charge is 0.255 e. The van der Waals surface area contributed by atoms with Gasteiger partial charge in [-0.05, 0) is 57.2 Å². The first kappa shape index (κ1) is 20.9. The lowest BCUT2D eigenvalue weighted by atomic mass is 10.2. The molecule has 31 heavy (non-hydrogen) atoms. The van der Waals surface area contributed by atoms with Crippen LogP contribution in [0.1, 0.15) is 20.8 Å². The number of aromatic nitrogens is 3. The minimum Gasteiger partial charge on any atom is -0.497 e. The van der Waals surface area contributed by atoms with Gasteiger partial charge in [0.2, 0.25) is 0 Å². The maximum Gasteiger partial charge on any atom is 0.255 e. The van der Waals surface area contributed by atoms with Crippen LogP contribution in [0.4, 0.5) is 0 Å². The number of hydrogen-bond donors (Lipinski definition) is 1. The fourth-order valence-corrected chi connectivity index (χ4v) is 4.46. The van der Waals surface area contributed by atoms with E-state index in [0.717, 1.165) is 0 Å². The third-order valence-corrected chi connectivity index (χ3v) is 7.57. The Bertz CT molecular complexity index is 1440. The molecule has 4 aromatic rings. The minimum absolute atomic E-state index is 0.188. The van der Waals surface area contributed by atoms with Crippen LogP contribution in [0.25, 0.3) is 28.1 Å². The Labute approximate surface area is 180 Å². The van der Waals surface area contributed by atoms with Crippen molar-refractivity contribution in [2.75, 3.05) is 7.11 Å². The number of H-pyrrole nitrogens is 1. The van der Waals surface area contributed by atoms with Gasteiger partial charge in [-0.2, -0.15) is 0 Å². The van der Waals surface area contributed by atoms with Crippen molar-refractivity contribution in [1.82, 2.24) is 14.5 Å². The van der Waals surface area contributed by atoms with Gasteiger partial charge in [0.05, 0.1) is 33.5 Å². The molecule has 7 nitrogen and oxygen atoms in total. The number of aromatic amines is 1. The van der Waals surface area contributed by atoms with Crippen molar-refractivity contribution in [2.24, 2.45) is 0 Å². The van der Waals surface area contributed by atoms with Crippen LogP contribution in [-0.2, 0) is 9.84 Å². The van der Waals surface area contributed by atoms with Crippen molar-refractivity contribution in [3.8, 4) is 22.8 Å². The average Bonchev–Trinajstić information content (AvgIpc) is 3.16. The Hall–Kier alpha value is -3.39. The van der Waals surface area contributed by atoms with Crippen molar-refractivity contribution in [1.29, 1.82) is 0 Å². The normalized spacial score (nSPS) is 12.3. The third-order valence-electron chi connectivity index (χ3n) is 5.09. The number of nitrogens with one attached hydrogen (secondary N) is 1. The van der Waals surface area contributed by atoms with Crippen LogP contribution in [0.5, 0.6) is 5.75 Å². The number of benzene rings is 2. The van der Waals surface area contributed by atoms with Crippen molar-refractivity contribution in [2.45, 2.75) is 30.4 Å². The second-order valence-corrected chi connectivity index (χ2v) is 10.9. The molecule has 0 aliphatic heterocycles. The molecule has 0 radical (unpaired) electrons. The number of pyridine rings is 1. The molecule has 0 unspecified atom stereocenters. The van der Waals surface area contributed by atoms with Crippen molar-refractivity contribution < 1.29 is 13.2 Å². The molecule has 2 aromatic carbocycles. The molecule has 2 aromatic heterocycles. The van der Waals surface area contributed by atoms with E-state index in [1.807, 2.05) is 12.1 Å². The number of nitrogens with zero attached hydrogens (tertiary/aromatic N) is 2. The van der Waals surface area contributed by atoms with E-state index in [2.05, 4.69) is 9.97 Å². The van der Waals surface area contributed by atoms with E-state index in [1.165, 1.54) is 10.6 Å². The number of methoxy groups -OCH3 is 1. The molecule has 0 fully saturated rings. The SMILES string of the molecule is COc1cccc(-n2cc(-c3nc4ccc(S(=O)(=O)C(C)(C)C)cc4[nH]3)ccc2=O)c1. The van der Waals surface area contributed by atoms with Crippen LogP contribution in [0.2, 0.25) is 0 Å². The molecule has 8 heteroatoms. The van der Waals surface area contributed by atoms with Gasteiger partial charge in [0, 0.05) is 23.9 Å². The lowest BCUT2D eigenvalue weighted by molar-refractivity contribution is 0.414. The van der Waals surface area contributed by atoms with Gasteiger partial charge in [0.1, 0.15) is 11.6 Å². The summed E-state index contributed by atoms with van der Waals surface area (Å²) < 4.78 is 31.4. The lowest BCUT2D eigenvalue weighted by Crippen LogP contribution is -2.27. The maximum absolute atomic E-state index is 12.8. The van der Waals surface area contributed by atoms with Gasteiger partial charge in [-0.3, -0.25) is 9.36 Å². The Morgan fingerprint density at radius 3 is 2.52 bits per heavy atom. The van der Waals surface area contributed by atoms with E-state index in [9.17, 15) is 13.2 Å². The van der Waals surface area contributed by atoms with Crippen molar-refractivity contribution in [3.63, 3.8) is 0 Å². The Morgan fingerprint density at radius 2 is 1.81 bits per heavy atom. The first-order valence-corrected chi connectivity index (χ1v) is 11.2. The Kier molecular flexibility index (Phi) is 4.97. The largest absolute Gasteiger partial charge is 0.497 e. The molecule has 0 saturated heterocycles. The zero-order chi connectivity index (χ0) is 22.4. The van der Waals surface area contributed by atoms with Crippen LogP contribution in [0.3, 0.4) is 0 Å². The molecule has 0 saturated carbocycles. The van der Waals surface area contributed by atoms with E-state index in [1.54, 1.807) is 70.5 Å². The molecule has 0 aliphatic carbocycles. The molecule has 0 bridgehead atoms. The first-order valence-electron chi connectivity index (χ1n) is 9.72. The van der Waals surface area contributed by atoms with Crippen LogP contribution in [-0.4, -0.2) is 34.8 Å². The van der Waals surface area contributed by atoms with Gasteiger partial charge in [-0.1, -0.05) is 6.07 Å². The fourth-order valence-electron chi connectivity index (χ4n) is 3.24. The fraction of sp³-hybridized carbons (Fsp3) is 0.217. The highest BCUT2D eigenvalue weighted by molar-refractivity contribution is 7.92. The second-order valence-electron chi connectivity index (χ2n) is 8.21. The summed E-state index contributed by atoms with van der Waals surface area (Å²) in [6.45, 7) is 5.02. The summed E-state index contributed by atoms with van der Waals surface area (Å²) in [6.07, 6.45) is 1.70. The number of hydrogen-bond acceptors (Lipinski definition) is 5. The molecular formula is C23H23N3O4S. The summed E-state index contributed by atoms with van der Waals surface area (Å²) in [5.74, 6) is 1.18. The van der Waals surface area contributed by atoms with Gasteiger partial charge >= 0.3 is 0 Å². The average molecular weight is 438 g/mol. The molecule has 4 rings (SSSR count). The second kappa shape index (κ2) is 7.39. The monoisotopic (exact) mass is 437 g/mol. The molecule has 0 amide bonds. The molecule has 0 spiro atoms. The highest BCUT2D eigenvalue weighted by Gasteiger charge is 2.31. The zero-order valence-corrected chi connectivity index (χ0v) is 18.5. The van der Waals surface area contributed by atoms with Crippen LogP contribution >= 0.6 is 0 Å². The topological polar surface area (TPSA) is 94.1 Å². The van der Waals surface area contributed by atoms with Crippen molar-refractivity contribution >= 4 is 20.9 Å². The maximum atomic E-state index is 12.8. The van der Waals surface area contributed by atoms with Gasteiger partial charge in [-0.15, -0.1) is 0 Å². The van der Waals surface area contributed by atoms with Gasteiger partial charge in [0.15, 0.2) is 9.84 Å². The van der Waals surface area contributed by atoms with E-state index in [0.29, 0.717) is 33.9 Å². The van der Waals surface area contributed by atoms with Crippen LogP contribution < -0.4 is 10.3 Å². The summed E-state index contributed by atoms with van der Waals surface area (Å²) in [6, 6.07) is 15.2. The van der Waals surface area contributed by atoms with Gasteiger partial charge < -0.3 is 9.72 Å². The van der Waals surface area contributed by atoms with Crippen LogP contribution in [0.15, 0.2) is 70.5 Å². The molecule has 2 heterocycles. The zero-order valence-electron chi connectivity index (χ0n) is 17.7. The number of ether oxygens (including phenoxy) is 1. The van der Waals surface area contributed by atoms with E-state index in [4.69, 9.17) is 4.74 Å².